The molecule has 4 saturated carbocycles. The molecule has 5 aliphatic carbocycles. The third-order valence-electron chi connectivity index (χ3n) is 13.4. The van der Waals surface area contributed by atoms with Gasteiger partial charge in [0, 0.05) is 0 Å². The van der Waals surface area contributed by atoms with Crippen molar-refractivity contribution in [3.05, 3.63) is 11.6 Å². The number of allylic oxidation sites excluding steroid dienone is 2. The van der Waals surface area contributed by atoms with Crippen molar-refractivity contribution in [2.24, 2.45) is 56.7 Å². The molecule has 0 amide bonds. The zero-order chi connectivity index (χ0) is 24.2. The fourth-order valence-electron chi connectivity index (χ4n) is 10.8. The van der Waals surface area contributed by atoms with Gasteiger partial charge < -0.3 is 10.2 Å². The van der Waals surface area contributed by atoms with E-state index in [4.69, 9.17) is 0 Å². The maximum absolute atomic E-state index is 12.8. The number of fused-ring (bicyclic) bond motifs is 7. The van der Waals surface area contributed by atoms with E-state index in [2.05, 4.69) is 54.5 Å². The summed E-state index contributed by atoms with van der Waals surface area (Å²) < 4.78 is 0. The summed E-state index contributed by atoms with van der Waals surface area (Å²) in [4.78, 5) is 12.8. The van der Waals surface area contributed by atoms with Crippen molar-refractivity contribution >= 4 is 5.97 Å². The lowest BCUT2D eigenvalue weighted by molar-refractivity contribution is -0.206. The standard InChI is InChI=1S/C30H48O3/c1-18-10-15-30(25(32)33)17-16-28(6)20(24(30)19(18)2)8-9-22-27(5)13-12-23(31)26(3,4)21(27)11-14-29(22,28)7/h8,18-19,21-24,31H,9-17H2,1-7H3,(H,32,33)/t18-,19-,21+,22-,23+,24+,27+,28-,29-,30-/m1/s1. The lowest BCUT2D eigenvalue weighted by atomic mass is 9.33. The Kier molecular flexibility index (Phi) is 5.15. The highest BCUT2D eigenvalue weighted by atomic mass is 16.4. The molecule has 3 nitrogen and oxygen atoms in total. The van der Waals surface area contributed by atoms with Crippen molar-refractivity contribution in [3.8, 4) is 0 Å². The average molecular weight is 457 g/mol. The first-order valence-corrected chi connectivity index (χ1v) is 13.9. The monoisotopic (exact) mass is 456 g/mol. The highest BCUT2D eigenvalue weighted by Crippen LogP contribution is 2.75. The van der Waals surface area contributed by atoms with Crippen LogP contribution in [0.3, 0.4) is 0 Å². The third kappa shape index (κ3) is 2.75. The molecule has 186 valence electrons. The van der Waals surface area contributed by atoms with Gasteiger partial charge in [0.05, 0.1) is 11.5 Å². The van der Waals surface area contributed by atoms with Crippen LogP contribution in [0.5, 0.6) is 0 Å². The molecule has 3 heteroatoms. The first-order valence-electron chi connectivity index (χ1n) is 13.9. The summed E-state index contributed by atoms with van der Waals surface area (Å²) in [5, 5.41) is 21.4. The molecule has 0 bridgehead atoms. The molecule has 4 fully saturated rings. The Morgan fingerprint density at radius 2 is 1.61 bits per heavy atom. The second kappa shape index (κ2) is 7.11. The van der Waals surface area contributed by atoms with Crippen LogP contribution in [0.15, 0.2) is 11.6 Å². The highest BCUT2D eigenvalue weighted by Gasteiger charge is 2.69. The molecule has 0 aromatic heterocycles. The average Bonchev–Trinajstić information content (AvgIpc) is 2.74. The van der Waals surface area contributed by atoms with Gasteiger partial charge in [0.15, 0.2) is 0 Å². The van der Waals surface area contributed by atoms with Gasteiger partial charge in [-0.05, 0) is 109 Å². The summed E-state index contributed by atoms with van der Waals surface area (Å²) in [5.41, 5.74) is 1.46. The van der Waals surface area contributed by atoms with Crippen molar-refractivity contribution in [3.63, 3.8) is 0 Å². The zero-order valence-electron chi connectivity index (χ0n) is 22.2. The van der Waals surface area contributed by atoms with Crippen molar-refractivity contribution in [2.75, 3.05) is 0 Å². The lowest BCUT2D eigenvalue weighted by Crippen LogP contribution is -2.65. The maximum atomic E-state index is 12.8. The first kappa shape index (κ1) is 23.9. The molecular weight excluding hydrogens is 408 g/mol. The van der Waals surface area contributed by atoms with E-state index in [0.29, 0.717) is 23.7 Å². The summed E-state index contributed by atoms with van der Waals surface area (Å²) >= 11 is 0. The molecule has 0 spiro atoms. The van der Waals surface area contributed by atoms with Gasteiger partial charge in [-0.3, -0.25) is 4.79 Å². The van der Waals surface area contributed by atoms with Crippen LogP contribution in [0.4, 0.5) is 0 Å². The van der Waals surface area contributed by atoms with E-state index in [1.54, 1.807) is 0 Å². The molecule has 0 aromatic carbocycles. The molecule has 0 aliphatic heterocycles. The summed E-state index contributed by atoms with van der Waals surface area (Å²) in [5.74, 6) is 1.82. The summed E-state index contributed by atoms with van der Waals surface area (Å²) in [6.07, 6.45) is 11.6. The normalized spacial score (nSPS) is 55.3. The quantitative estimate of drug-likeness (QED) is 0.414. The topological polar surface area (TPSA) is 57.5 Å². The Bertz CT molecular complexity index is 874. The van der Waals surface area contributed by atoms with Gasteiger partial charge in [0.25, 0.3) is 0 Å². The van der Waals surface area contributed by atoms with Gasteiger partial charge in [-0.2, -0.15) is 0 Å². The fourth-order valence-corrected chi connectivity index (χ4v) is 10.8. The minimum absolute atomic E-state index is 0.0302. The third-order valence-corrected chi connectivity index (χ3v) is 13.4. The number of aliphatic hydroxyl groups excluding tert-OH is 1. The summed E-state index contributed by atoms with van der Waals surface area (Å²) in [7, 11) is 0. The number of hydrogen-bond donors (Lipinski definition) is 2. The minimum Gasteiger partial charge on any atom is -0.481 e. The van der Waals surface area contributed by atoms with E-state index in [1.807, 2.05) is 0 Å². The van der Waals surface area contributed by atoms with Gasteiger partial charge in [-0.15, -0.1) is 0 Å². The van der Waals surface area contributed by atoms with Gasteiger partial charge in [-0.25, -0.2) is 0 Å². The van der Waals surface area contributed by atoms with E-state index in [1.165, 1.54) is 18.4 Å². The van der Waals surface area contributed by atoms with Gasteiger partial charge in [0.1, 0.15) is 0 Å². The highest BCUT2D eigenvalue weighted by molar-refractivity contribution is 5.76. The molecule has 5 rings (SSSR count). The predicted octanol–water partition coefficient (Wildman–Crippen LogP) is 7.09. The Hall–Kier alpha value is -0.830. The molecule has 0 radical (unpaired) electrons. The first-order chi connectivity index (χ1) is 15.3. The van der Waals surface area contributed by atoms with Crippen LogP contribution in [-0.2, 0) is 4.79 Å². The van der Waals surface area contributed by atoms with E-state index >= 15 is 0 Å². The molecule has 10 atom stereocenters. The Morgan fingerprint density at radius 3 is 2.27 bits per heavy atom. The van der Waals surface area contributed by atoms with Crippen molar-refractivity contribution in [2.45, 2.75) is 112 Å². The molecule has 0 saturated heterocycles. The van der Waals surface area contributed by atoms with Crippen LogP contribution in [-0.4, -0.2) is 22.3 Å². The predicted molar refractivity (Wildman–Crippen MR) is 133 cm³/mol. The van der Waals surface area contributed by atoms with Crippen molar-refractivity contribution in [1.29, 1.82) is 0 Å². The van der Waals surface area contributed by atoms with Crippen LogP contribution < -0.4 is 0 Å². The molecule has 0 heterocycles. The van der Waals surface area contributed by atoms with Crippen LogP contribution in [0.25, 0.3) is 0 Å². The smallest absolute Gasteiger partial charge is 0.310 e. The number of carboxylic acids is 1. The Balaban J connectivity index is 1.61. The Morgan fingerprint density at radius 1 is 0.909 bits per heavy atom. The second-order valence-corrected chi connectivity index (χ2v) is 14.5. The lowest BCUT2D eigenvalue weighted by Gasteiger charge is -2.71. The minimum atomic E-state index is -0.557. The van der Waals surface area contributed by atoms with Crippen molar-refractivity contribution < 1.29 is 15.0 Å². The van der Waals surface area contributed by atoms with Gasteiger partial charge in [-0.1, -0.05) is 60.1 Å². The second-order valence-electron chi connectivity index (χ2n) is 14.5. The number of aliphatic carboxylic acids is 1. The van der Waals surface area contributed by atoms with Crippen LogP contribution >= 0.6 is 0 Å². The molecule has 0 unspecified atom stereocenters. The fraction of sp³-hybridized carbons (Fsp3) is 0.900. The zero-order valence-corrected chi connectivity index (χ0v) is 22.2. The maximum Gasteiger partial charge on any atom is 0.310 e. The molecular formula is C30H48O3. The molecule has 2 N–H and O–H groups in total. The van der Waals surface area contributed by atoms with E-state index in [9.17, 15) is 15.0 Å². The van der Waals surface area contributed by atoms with E-state index in [-0.39, 0.29) is 33.7 Å². The summed E-state index contributed by atoms with van der Waals surface area (Å²) in [6.45, 7) is 17.0. The van der Waals surface area contributed by atoms with Crippen LogP contribution in [0.1, 0.15) is 106 Å². The van der Waals surface area contributed by atoms with Gasteiger partial charge >= 0.3 is 5.97 Å². The number of rotatable bonds is 1. The molecule has 33 heavy (non-hydrogen) atoms. The van der Waals surface area contributed by atoms with Gasteiger partial charge in [0.2, 0.25) is 0 Å². The molecule has 0 aromatic rings. The number of carboxylic acid groups (broad SMARTS) is 1. The SMILES string of the molecule is C[C@@H]1[C@H](C)CC[C@@]2(C(=O)O)CC[C@]3(C)C(=CC[C@@H]4[C@@]5(C)CC[C@H](O)C(C)(C)[C@@H]5CC[C@]43C)[C@H]12. The van der Waals surface area contributed by atoms with Crippen LogP contribution in [0.2, 0.25) is 0 Å². The number of aliphatic hydroxyl groups is 1. The summed E-state index contributed by atoms with van der Waals surface area (Å²) in [6, 6.07) is 0. The largest absolute Gasteiger partial charge is 0.481 e. The van der Waals surface area contributed by atoms with E-state index in [0.717, 1.165) is 44.9 Å². The van der Waals surface area contributed by atoms with Crippen LogP contribution in [0, 0.1) is 56.7 Å². The molecule has 5 aliphatic rings. The number of hydrogen-bond acceptors (Lipinski definition) is 2. The van der Waals surface area contributed by atoms with E-state index < -0.39 is 11.4 Å². The van der Waals surface area contributed by atoms with Crippen molar-refractivity contribution in [1.82, 2.24) is 0 Å². The number of carbonyl (C=O) groups is 1. The Labute approximate surface area is 201 Å².